The fraction of sp³-hybridized carbons (Fsp3) is 0.750. The molecule has 0 amide bonds. The summed E-state index contributed by atoms with van der Waals surface area (Å²) >= 11 is 0. The number of rotatable bonds is 1. The second-order valence-corrected chi connectivity index (χ2v) is 8.30. The number of aliphatic hydroxyl groups excluding tert-OH is 1. The van der Waals surface area contributed by atoms with Crippen molar-refractivity contribution in [3.63, 3.8) is 0 Å². The summed E-state index contributed by atoms with van der Waals surface area (Å²) in [7, 11) is 1.38. The van der Waals surface area contributed by atoms with Gasteiger partial charge in [-0.1, -0.05) is 30.7 Å². The Labute approximate surface area is 143 Å². The molecule has 0 aromatic heterocycles. The largest absolute Gasteiger partial charge is 0.508 e. The summed E-state index contributed by atoms with van der Waals surface area (Å²) in [6.07, 6.45) is 12.0. The van der Waals surface area contributed by atoms with Crippen molar-refractivity contribution < 1.29 is 19.4 Å². The average Bonchev–Trinajstić information content (AvgIpc) is 2.90. The number of hydrogen-bond acceptors (Lipinski definition) is 4. The average molecular weight is 332 g/mol. The van der Waals surface area contributed by atoms with Crippen molar-refractivity contribution in [2.45, 2.75) is 57.7 Å². The lowest BCUT2D eigenvalue weighted by Gasteiger charge is -2.52. The van der Waals surface area contributed by atoms with Crippen LogP contribution in [0.15, 0.2) is 23.8 Å². The van der Waals surface area contributed by atoms with Gasteiger partial charge in [0.1, 0.15) is 6.10 Å². The lowest BCUT2D eigenvalue weighted by atomic mass is 9.53. The minimum absolute atomic E-state index is 0.00319. The minimum Gasteiger partial charge on any atom is -0.438 e. The van der Waals surface area contributed by atoms with Crippen LogP contribution in [-0.4, -0.2) is 30.6 Å². The highest BCUT2D eigenvalue weighted by Gasteiger charge is 2.57. The normalized spacial score (nSPS) is 46.4. The standard InChI is InChI=1S/C20H28O4/c1-20-10-9-15-14-6-4-13(21)11-12(14)3-5-16(15)17(20)7-8-18(20)24-19(22)23-2/h4,6,11,13-18,21H,3,5,7-10H2,1-2H3/t13-,14?,15-,16-,17+,18+,20+/m1/s1. The van der Waals surface area contributed by atoms with Crippen molar-refractivity contribution in [3.05, 3.63) is 23.8 Å². The van der Waals surface area contributed by atoms with Crippen LogP contribution in [-0.2, 0) is 9.47 Å². The Morgan fingerprint density at radius 2 is 2.04 bits per heavy atom. The van der Waals surface area contributed by atoms with Gasteiger partial charge in [0.15, 0.2) is 0 Å². The summed E-state index contributed by atoms with van der Waals surface area (Å²) in [4.78, 5) is 11.6. The third-order valence-corrected chi connectivity index (χ3v) is 7.37. The maximum absolute atomic E-state index is 11.6. The third-order valence-electron chi connectivity index (χ3n) is 7.37. The summed E-state index contributed by atoms with van der Waals surface area (Å²) in [5.41, 5.74) is 1.53. The Hall–Kier alpha value is -1.29. The van der Waals surface area contributed by atoms with Gasteiger partial charge in [0.2, 0.25) is 0 Å². The van der Waals surface area contributed by atoms with Gasteiger partial charge in [-0.3, -0.25) is 0 Å². The van der Waals surface area contributed by atoms with Crippen molar-refractivity contribution in [3.8, 4) is 0 Å². The van der Waals surface area contributed by atoms with Crippen LogP contribution in [0.4, 0.5) is 4.79 Å². The van der Waals surface area contributed by atoms with E-state index in [1.165, 1.54) is 25.5 Å². The molecule has 4 aliphatic carbocycles. The number of hydrogen-bond donors (Lipinski definition) is 1. The van der Waals surface area contributed by atoms with Gasteiger partial charge < -0.3 is 14.6 Å². The van der Waals surface area contributed by atoms with Gasteiger partial charge in [0.05, 0.1) is 13.2 Å². The van der Waals surface area contributed by atoms with Crippen LogP contribution in [0.2, 0.25) is 0 Å². The molecular weight excluding hydrogens is 304 g/mol. The Kier molecular flexibility index (Phi) is 3.98. The molecule has 4 heteroatoms. The first-order chi connectivity index (χ1) is 11.5. The van der Waals surface area contributed by atoms with E-state index >= 15 is 0 Å². The molecule has 3 saturated carbocycles. The Morgan fingerprint density at radius 3 is 2.83 bits per heavy atom. The van der Waals surface area contributed by atoms with Crippen molar-refractivity contribution in [1.82, 2.24) is 0 Å². The SMILES string of the molecule is COC(=O)O[C@H]1CC[C@H]2[C@@H]3CCC4=C[C@H](O)C=CC4[C@H]3CC[C@]12C. The highest BCUT2D eigenvalue weighted by atomic mass is 16.7. The number of allylic oxidation sites excluding steroid dienone is 2. The molecule has 1 N–H and O–H groups in total. The predicted molar refractivity (Wildman–Crippen MR) is 90.3 cm³/mol. The molecule has 0 bridgehead atoms. The van der Waals surface area contributed by atoms with Gasteiger partial charge in [-0.15, -0.1) is 0 Å². The van der Waals surface area contributed by atoms with Gasteiger partial charge in [0.25, 0.3) is 0 Å². The molecule has 1 unspecified atom stereocenters. The van der Waals surface area contributed by atoms with Gasteiger partial charge >= 0.3 is 6.16 Å². The van der Waals surface area contributed by atoms with E-state index in [2.05, 4.69) is 19.1 Å². The quantitative estimate of drug-likeness (QED) is 0.585. The summed E-state index contributed by atoms with van der Waals surface area (Å²) in [5.74, 6) is 2.53. The zero-order valence-corrected chi connectivity index (χ0v) is 14.6. The highest BCUT2D eigenvalue weighted by molar-refractivity contribution is 5.60. The molecule has 4 aliphatic rings. The number of aliphatic hydroxyl groups is 1. The van der Waals surface area contributed by atoms with Crippen molar-refractivity contribution in [2.75, 3.05) is 7.11 Å². The Balaban J connectivity index is 1.55. The Bertz CT molecular complexity index is 580. The number of carbonyl (C=O) groups excluding carboxylic acids is 1. The van der Waals surface area contributed by atoms with Crippen LogP contribution in [0.1, 0.15) is 45.4 Å². The number of ether oxygens (including phenoxy) is 2. The maximum atomic E-state index is 11.6. The van der Waals surface area contributed by atoms with E-state index in [9.17, 15) is 9.90 Å². The number of fused-ring (bicyclic) bond motifs is 5. The first-order valence-electron chi connectivity index (χ1n) is 9.34. The molecule has 0 radical (unpaired) electrons. The molecule has 4 rings (SSSR count). The zero-order chi connectivity index (χ0) is 16.9. The second kappa shape index (κ2) is 5.91. The monoisotopic (exact) mass is 332 g/mol. The third kappa shape index (κ3) is 2.42. The molecule has 132 valence electrons. The van der Waals surface area contributed by atoms with E-state index in [1.807, 2.05) is 6.08 Å². The van der Waals surface area contributed by atoms with Crippen LogP contribution in [0, 0.1) is 29.1 Å². The van der Waals surface area contributed by atoms with Crippen LogP contribution in [0.25, 0.3) is 0 Å². The minimum atomic E-state index is -0.540. The fourth-order valence-electron chi connectivity index (χ4n) is 6.23. The smallest absolute Gasteiger partial charge is 0.438 e. The summed E-state index contributed by atoms with van der Waals surface area (Å²) in [5, 5.41) is 9.85. The van der Waals surface area contributed by atoms with Crippen molar-refractivity contribution in [2.24, 2.45) is 29.1 Å². The summed E-state index contributed by atoms with van der Waals surface area (Å²) in [6, 6.07) is 0. The zero-order valence-electron chi connectivity index (χ0n) is 14.6. The van der Waals surface area contributed by atoms with E-state index in [0.29, 0.717) is 23.7 Å². The van der Waals surface area contributed by atoms with E-state index < -0.39 is 12.3 Å². The molecule has 0 heterocycles. The first kappa shape index (κ1) is 16.2. The molecule has 3 fully saturated rings. The molecular formula is C20H28O4. The highest BCUT2D eigenvalue weighted by Crippen LogP contribution is 2.61. The van der Waals surface area contributed by atoms with E-state index in [4.69, 9.17) is 9.47 Å². The van der Waals surface area contributed by atoms with E-state index in [0.717, 1.165) is 25.7 Å². The Morgan fingerprint density at radius 1 is 1.21 bits per heavy atom. The summed E-state index contributed by atoms with van der Waals surface area (Å²) < 4.78 is 10.3. The molecule has 0 saturated heterocycles. The van der Waals surface area contributed by atoms with Gasteiger partial charge in [0, 0.05) is 11.3 Å². The van der Waals surface area contributed by atoms with Crippen LogP contribution in [0.5, 0.6) is 0 Å². The number of methoxy groups -OCH3 is 1. The predicted octanol–water partition coefficient (Wildman–Crippen LogP) is 3.85. The molecule has 4 nitrogen and oxygen atoms in total. The second-order valence-electron chi connectivity index (χ2n) is 8.30. The van der Waals surface area contributed by atoms with Gasteiger partial charge in [-0.25, -0.2) is 4.79 Å². The number of carbonyl (C=O) groups is 1. The first-order valence-corrected chi connectivity index (χ1v) is 9.34. The molecule has 7 atom stereocenters. The molecule has 0 spiro atoms. The molecule has 0 aromatic rings. The van der Waals surface area contributed by atoms with Gasteiger partial charge in [-0.2, -0.15) is 0 Å². The van der Waals surface area contributed by atoms with Crippen molar-refractivity contribution >= 4 is 6.16 Å². The maximum Gasteiger partial charge on any atom is 0.508 e. The molecule has 0 aromatic carbocycles. The van der Waals surface area contributed by atoms with Crippen LogP contribution < -0.4 is 0 Å². The van der Waals surface area contributed by atoms with E-state index in [1.54, 1.807) is 0 Å². The van der Waals surface area contributed by atoms with Crippen molar-refractivity contribution in [1.29, 1.82) is 0 Å². The molecule has 24 heavy (non-hydrogen) atoms. The lowest BCUT2D eigenvalue weighted by Crippen LogP contribution is -2.48. The molecule has 0 aliphatic heterocycles. The lowest BCUT2D eigenvalue weighted by molar-refractivity contribution is -0.0660. The van der Waals surface area contributed by atoms with Gasteiger partial charge in [-0.05, 0) is 56.3 Å². The summed E-state index contributed by atoms with van der Waals surface area (Å²) in [6.45, 7) is 2.32. The fourth-order valence-corrected chi connectivity index (χ4v) is 6.23. The van der Waals surface area contributed by atoms with Crippen LogP contribution in [0.3, 0.4) is 0 Å². The van der Waals surface area contributed by atoms with Crippen LogP contribution >= 0.6 is 0 Å². The topological polar surface area (TPSA) is 55.8 Å². The van der Waals surface area contributed by atoms with E-state index in [-0.39, 0.29) is 11.5 Å².